The minimum Gasteiger partial charge on any atom is -0.475 e. The first-order chi connectivity index (χ1) is 8.30. The van der Waals surface area contributed by atoms with Crippen LogP contribution in [0.15, 0.2) is 16.7 Å². The Hall–Kier alpha value is -1.54. The molecule has 18 heavy (non-hydrogen) atoms. The molecule has 1 aliphatic heterocycles. The van der Waals surface area contributed by atoms with E-state index in [2.05, 4.69) is 5.48 Å². The first-order valence-electron chi connectivity index (χ1n) is 5.03. The summed E-state index contributed by atoms with van der Waals surface area (Å²) < 4.78 is 36.9. The number of aryl methyl sites for hydroxylation is 1. The molecule has 1 atom stereocenters. The molecular formula is C10H12F3NO4. The number of alkyl halides is 3. The highest BCUT2D eigenvalue weighted by Gasteiger charge is 2.38. The van der Waals surface area contributed by atoms with E-state index in [1.807, 2.05) is 13.0 Å². The van der Waals surface area contributed by atoms with E-state index in [-0.39, 0.29) is 0 Å². The smallest absolute Gasteiger partial charge is 0.475 e. The van der Waals surface area contributed by atoms with Gasteiger partial charge in [-0.15, -0.1) is 0 Å². The van der Waals surface area contributed by atoms with E-state index in [1.165, 1.54) is 5.56 Å². The Morgan fingerprint density at radius 3 is 2.50 bits per heavy atom. The highest BCUT2D eigenvalue weighted by atomic mass is 19.4. The Morgan fingerprint density at radius 2 is 2.17 bits per heavy atom. The van der Waals surface area contributed by atoms with Crippen molar-refractivity contribution in [1.29, 1.82) is 0 Å². The number of nitrogens with one attached hydrogen (secondary N) is 1. The summed E-state index contributed by atoms with van der Waals surface area (Å²) in [5, 5.41) is 7.12. The molecule has 0 bridgehead atoms. The lowest BCUT2D eigenvalue weighted by Gasteiger charge is -2.02. The maximum absolute atomic E-state index is 10.6. The van der Waals surface area contributed by atoms with Crippen LogP contribution in [-0.4, -0.2) is 23.9 Å². The van der Waals surface area contributed by atoms with Crippen molar-refractivity contribution in [2.24, 2.45) is 0 Å². The minimum atomic E-state index is -5.08. The number of rotatable bonds is 1. The van der Waals surface area contributed by atoms with Gasteiger partial charge in [0, 0.05) is 5.56 Å². The molecule has 102 valence electrons. The molecule has 0 unspecified atom stereocenters. The van der Waals surface area contributed by atoms with Gasteiger partial charge in [0.1, 0.15) is 5.76 Å². The molecule has 1 saturated heterocycles. The van der Waals surface area contributed by atoms with Gasteiger partial charge in [0.25, 0.3) is 0 Å². The topological polar surface area (TPSA) is 71.7 Å². The molecule has 0 aromatic carbocycles. The van der Waals surface area contributed by atoms with Crippen LogP contribution in [0.2, 0.25) is 0 Å². The Morgan fingerprint density at radius 1 is 1.56 bits per heavy atom. The Balaban J connectivity index is 0.000000203. The quantitative estimate of drug-likeness (QED) is 0.816. The first-order valence-corrected chi connectivity index (χ1v) is 5.03. The van der Waals surface area contributed by atoms with Crippen molar-refractivity contribution in [2.75, 3.05) is 6.61 Å². The molecule has 1 aromatic heterocycles. The lowest BCUT2D eigenvalue weighted by molar-refractivity contribution is -0.192. The lowest BCUT2D eigenvalue weighted by atomic mass is 10.1. The Kier molecular flexibility index (Phi) is 4.74. The molecule has 8 heteroatoms. The van der Waals surface area contributed by atoms with Crippen LogP contribution in [0.4, 0.5) is 13.2 Å². The SMILES string of the molecule is Cc1cc([C@@H]2CCON2)co1.O=C(O)C(F)(F)F. The van der Waals surface area contributed by atoms with Gasteiger partial charge in [-0.2, -0.15) is 18.7 Å². The normalized spacial score (nSPS) is 19.2. The van der Waals surface area contributed by atoms with Crippen molar-refractivity contribution >= 4 is 5.97 Å². The second-order valence-electron chi connectivity index (χ2n) is 3.60. The van der Waals surface area contributed by atoms with Crippen LogP contribution in [0, 0.1) is 6.92 Å². The molecule has 1 aliphatic rings. The summed E-state index contributed by atoms with van der Waals surface area (Å²) in [6.07, 6.45) is -2.28. The van der Waals surface area contributed by atoms with Crippen LogP contribution in [-0.2, 0) is 9.63 Å². The average Bonchev–Trinajstić information content (AvgIpc) is 2.86. The van der Waals surface area contributed by atoms with Crippen LogP contribution in [0.1, 0.15) is 23.8 Å². The summed E-state index contributed by atoms with van der Waals surface area (Å²) in [6, 6.07) is 2.36. The predicted molar refractivity (Wildman–Crippen MR) is 53.6 cm³/mol. The minimum absolute atomic E-state index is 0.326. The number of hydroxylamine groups is 1. The van der Waals surface area contributed by atoms with Gasteiger partial charge in [0.15, 0.2) is 0 Å². The number of hydrogen-bond acceptors (Lipinski definition) is 4. The van der Waals surface area contributed by atoms with E-state index in [9.17, 15) is 13.2 Å². The molecule has 0 saturated carbocycles. The molecule has 0 aliphatic carbocycles. The van der Waals surface area contributed by atoms with Gasteiger partial charge >= 0.3 is 12.1 Å². The van der Waals surface area contributed by atoms with E-state index < -0.39 is 12.1 Å². The molecule has 1 fully saturated rings. The number of hydrogen-bond donors (Lipinski definition) is 2. The number of halogens is 3. The number of carboxylic acid groups (broad SMARTS) is 1. The number of furan rings is 1. The van der Waals surface area contributed by atoms with Gasteiger partial charge in [-0.05, 0) is 19.4 Å². The molecule has 1 aromatic rings. The molecule has 0 amide bonds. The lowest BCUT2D eigenvalue weighted by Crippen LogP contribution is -2.21. The number of carboxylic acids is 1. The van der Waals surface area contributed by atoms with Crippen molar-refractivity contribution in [3.8, 4) is 0 Å². The zero-order valence-corrected chi connectivity index (χ0v) is 9.45. The van der Waals surface area contributed by atoms with Crippen molar-refractivity contribution in [3.05, 3.63) is 23.7 Å². The standard InChI is InChI=1S/C8H11NO2.C2HF3O2/c1-6-4-7(5-10-6)8-2-3-11-9-8;3-2(4,5)1(6)7/h4-5,8-9H,2-3H2,1H3;(H,6,7)/t8-;/m0./s1. The van der Waals surface area contributed by atoms with Crippen LogP contribution >= 0.6 is 0 Å². The molecule has 2 N–H and O–H groups in total. The fraction of sp³-hybridized carbons (Fsp3) is 0.500. The number of aliphatic carboxylic acids is 1. The molecule has 2 rings (SSSR count). The van der Waals surface area contributed by atoms with E-state index in [0.29, 0.717) is 6.04 Å². The third-order valence-electron chi connectivity index (χ3n) is 2.13. The molecule has 5 nitrogen and oxygen atoms in total. The van der Waals surface area contributed by atoms with Crippen molar-refractivity contribution in [3.63, 3.8) is 0 Å². The summed E-state index contributed by atoms with van der Waals surface area (Å²) in [5.41, 5.74) is 4.11. The van der Waals surface area contributed by atoms with Crippen LogP contribution in [0.25, 0.3) is 0 Å². The van der Waals surface area contributed by atoms with Gasteiger partial charge in [-0.3, -0.25) is 0 Å². The van der Waals surface area contributed by atoms with Gasteiger partial charge in [-0.1, -0.05) is 0 Å². The Bertz CT molecular complexity index is 396. The van der Waals surface area contributed by atoms with Gasteiger partial charge in [-0.25, -0.2) is 4.79 Å². The second kappa shape index (κ2) is 5.87. The molecule has 0 spiro atoms. The third kappa shape index (κ3) is 4.38. The monoisotopic (exact) mass is 267 g/mol. The van der Waals surface area contributed by atoms with Crippen LogP contribution < -0.4 is 5.48 Å². The van der Waals surface area contributed by atoms with Crippen molar-refractivity contribution < 1.29 is 32.3 Å². The molecule has 2 heterocycles. The third-order valence-corrected chi connectivity index (χ3v) is 2.13. The maximum Gasteiger partial charge on any atom is 0.490 e. The summed E-state index contributed by atoms with van der Waals surface area (Å²) in [7, 11) is 0. The van der Waals surface area contributed by atoms with Crippen molar-refractivity contribution in [1.82, 2.24) is 5.48 Å². The largest absolute Gasteiger partial charge is 0.490 e. The highest BCUT2D eigenvalue weighted by molar-refractivity contribution is 5.73. The fourth-order valence-electron chi connectivity index (χ4n) is 1.28. The van der Waals surface area contributed by atoms with Crippen molar-refractivity contribution in [2.45, 2.75) is 25.6 Å². The van der Waals surface area contributed by atoms with Gasteiger partial charge in [0.05, 0.1) is 18.9 Å². The summed E-state index contributed by atoms with van der Waals surface area (Å²) in [6.45, 7) is 2.73. The average molecular weight is 267 g/mol. The first kappa shape index (κ1) is 14.5. The maximum atomic E-state index is 10.6. The highest BCUT2D eigenvalue weighted by Crippen LogP contribution is 2.22. The van der Waals surface area contributed by atoms with E-state index in [1.54, 1.807) is 6.26 Å². The Labute approximate surface area is 100 Å². The summed E-state index contributed by atoms with van der Waals surface area (Å²) in [4.78, 5) is 13.9. The molecule has 0 radical (unpaired) electrons. The zero-order valence-electron chi connectivity index (χ0n) is 9.45. The van der Waals surface area contributed by atoms with E-state index in [4.69, 9.17) is 19.2 Å². The fourth-order valence-corrected chi connectivity index (χ4v) is 1.28. The van der Waals surface area contributed by atoms with Gasteiger partial charge < -0.3 is 14.4 Å². The van der Waals surface area contributed by atoms with Gasteiger partial charge in [0.2, 0.25) is 0 Å². The predicted octanol–water partition coefficient (Wildman–Crippen LogP) is 2.19. The molecular weight excluding hydrogens is 255 g/mol. The summed E-state index contributed by atoms with van der Waals surface area (Å²) in [5.74, 6) is -1.80. The summed E-state index contributed by atoms with van der Waals surface area (Å²) >= 11 is 0. The van der Waals surface area contributed by atoms with E-state index >= 15 is 0 Å². The van der Waals surface area contributed by atoms with Crippen LogP contribution in [0.5, 0.6) is 0 Å². The van der Waals surface area contributed by atoms with E-state index in [0.717, 1.165) is 18.8 Å². The van der Waals surface area contributed by atoms with Crippen LogP contribution in [0.3, 0.4) is 0 Å². The second-order valence-corrected chi connectivity index (χ2v) is 3.60. The zero-order chi connectivity index (χ0) is 13.8. The number of carbonyl (C=O) groups is 1.